The lowest BCUT2D eigenvalue weighted by molar-refractivity contribution is 0.0578. The van der Waals surface area contributed by atoms with Gasteiger partial charge in [0.1, 0.15) is 0 Å². The first-order valence-corrected chi connectivity index (χ1v) is 5.33. The van der Waals surface area contributed by atoms with E-state index in [1.807, 2.05) is 0 Å². The Kier molecular flexibility index (Phi) is 4.93. The molecule has 0 bridgehead atoms. The predicted molar refractivity (Wildman–Crippen MR) is 59.8 cm³/mol. The molecule has 0 amide bonds. The van der Waals surface area contributed by atoms with Gasteiger partial charge in [-0.2, -0.15) is 0 Å². The van der Waals surface area contributed by atoms with Gasteiger partial charge in [0.15, 0.2) is 0 Å². The van der Waals surface area contributed by atoms with Crippen LogP contribution in [0.5, 0.6) is 0 Å². The van der Waals surface area contributed by atoms with Crippen LogP contribution >= 0.6 is 0 Å². The minimum atomic E-state index is 0.134. The highest BCUT2D eigenvalue weighted by Crippen LogP contribution is 2.24. The summed E-state index contributed by atoms with van der Waals surface area (Å²) >= 11 is 0. The lowest BCUT2D eigenvalue weighted by Crippen LogP contribution is -2.56. The Labute approximate surface area is 83.5 Å². The molecule has 0 saturated heterocycles. The molecule has 0 aliphatic heterocycles. The summed E-state index contributed by atoms with van der Waals surface area (Å²) in [7, 11) is 2.18. The van der Waals surface area contributed by atoms with E-state index in [2.05, 4.69) is 46.6 Å². The van der Waals surface area contributed by atoms with Crippen LogP contribution in [0.4, 0.5) is 0 Å². The second-order valence-corrected chi connectivity index (χ2v) is 4.58. The summed E-state index contributed by atoms with van der Waals surface area (Å²) in [6.45, 7) is 11.9. The van der Waals surface area contributed by atoms with Gasteiger partial charge in [-0.15, -0.1) is 0 Å². The van der Waals surface area contributed by atoms with Crippen molar-refractivity contribution in [3.05, 3.63) is 0 Å². The molecule has 0 fully saturated rings. The second kappa shape index (κ2) is 4.97. The molecular formula is C11H26N2. The normalized spacial score (nSPS) is 19.2. The third-order valence-corrected chi connectivity index (χ3v) is 3.71. The summed E-state index contributed by atoms with van der Waals surface area (Å²) in [6, 6.07) is 0.607. The van der Waals surface area contributed by atoms with Gasteiger partial charge in [0.2, 0.25) is 0 Å². The molecule has 2 heteroatoms. The van der Waals surface area contributed by atoms with Crippen molar-refractivity contribution < 1.29 is 0 Å². The minimum Gasteiger partial charge on any atom is -0.329 e. The van der Waals surface area contributed by atoms with Crippen molar-refractivity contribution in [2.24, 2.45) is 11.7 Å². The van der Waals surface area contributed by atoms with Crippen molar-refractivity contribution >= 4 is 0 Å². The van der Waals surface area contributed by atoms with Gasteiger partial charge in [-0.1, -0.05) is 20.8 Å². The van der Waals surface area contributed by atoms with Gasteiger partial charge >= 0.3 is 0 Å². The monoisotopic (exact) mass is 186 g/mol. The summed E-state index contributed by atoms with van der Waals surface area (Å²) in [4.78, 5) is 2.41. The van der Waals surface area contributed by atoms with Crippen LogP contribution in [-0.4, -0.2) is 30.1 Å². The Bertz CT molecular complexity index is 145. The molecule has 0 aromatic rings. The Morgan fingerprint density at radius 3 is 2.00 bits per heavy atom. The third kappa shape index (κ3) is 2.68. The van der Waals surface area contributed by atoms with E-state index >= 15 is 0 Å². The molecule has 0 aromatic carbocycles. The van der Waals surface area contributed by atoms with Gasteiger partial charge in [0.25, 0.3) is 0 Å². The van der Waals surface area contributed by atoms with Gasteiger partial charge < -0.3 is 5.73 Å². The maximum Gasteiger partial charge on any atom is 0.0326 e. The molecule has 0 aromatic heterocycles. The van der Waals surface area contributed by atoms with Crippen molar-refractivity contribution in [3.8, 4) is 0 Å². The average Bonchev–Trinajstić information content (AvgIpc) is 2.13. The molecule has 2 atom stereocenters. The lowest BCUT2D eigenvalue weighted by Gasteiger charge is -2.44. The molecule has 2 nitrogen and oxygen atoms in total. The molecule has 0 radical (unpaired) electrons. The van der Waals surface area contributed by atoms with Crippen LogP contribution in [0.1, 0.15) is 41.0 Å². The van der Waals surface area contributed by atoms with E-state index in [4.69, 9.17) is 5.73 Å². The van der Waals surface area contributed by atoms with Gasteiger partial charge in [-0.3, -0.25) is 4.90 Å². The standard InChI is InChI=1S/C11H26N2/c1-7-10(4)13(6)11(5,8-12)9(2)3/h9-10H,7-8,12H2,1-6H3. The number of likely N-dealkylation sites (N-methyl/N-ethyl adjacent to an activating group) is 1. The number of nitrogens with two attached hydrogens (primary N) is 1. The molecule has 0 aliphatic carbocycles. The van der Waals surface area contributed by atoms with Crippen LogP contribution in [0.3, 0.4) is 0 Å². The lowest BCUT2D eigenvalue weighted by atomic mass is 9.85. The maximum atomic E-state index is 5.86. The molecule has 0 heterocycles. The van der Waals surface area contributed by atoms with Crippen molar-refractivity contribution in [1.82, 2.24) is 4.90 Å². The van der Waals surface area contributed by atoms with Gasteiger partial charge in [-0.25, -0.2) is 0 Å². The van der Waals surface area contributed by atoms with E-state index in [1.54, 1.807) is 0 Å². The zero-order chi connectivity index (χ0) is 10.6. The van der Waals surface area contributed by atoms with Crippen molar-refractivity contribution in [3.63, 3.8) is 0 Å². The zero-order valence-electron chi connectivity index (χ0n) is 10.1. The van der Waals surface area contributed by atoms with Crippen molar-refractivity contribution in [2.45, 2.75) is 52.6 Å². The van der Waals surface area contributed by atoms with Crippen LogP contribution < -0.4 is 5.73 Å². The highest BCUT2D eigenvalue weighted by atomic mass is 15.2. The molecule has 0 saturated carbocycles. The number of hydrogen-bond donors (Lipinski definition) is 1. The summed E-state index contributed by atoms with van der Waals surface area (Å²) in [6.07, 6.45) is 1.18. The summed E-state index contributed by atoms with van der Waals surface area (Å²) < 4.78 is 0. The predicted octanol–water partition coefficient (Wildman–Crippen LogP) is 2.09. The van der Waals surface area contributed by atoms with Gasteiger partial charge in [0, 0.05) is 18.1 Å². The highest BCUT2D eigenvalue weighted by Gasteiger charge is 2.33. The van der Waals surface area contributed by atoms with Crippen LogP contribution in [-0.2, 0) is 0 Å². The van der Waals surface area contributed by atoms with E-state index in [9.17, 15) is 0 Å². The van der Waals surface area contributed by atoms with Crippen molar-refractivity contribution in [1.29, 1.82) is 0 Å². The number of nitrogens with zero attached hydrogens (tertiary/aromatic N) is 1. The van der Waals surface area contributed by atoms with E-state index in [1.165, 1.54) is 6.42 Å². The molecule has 80 valence electrons. The molecule has 0 rings (SSSR count). The summed E-state index contributed by atoms with van der Waals surface area (Å²) in [5.74, 6) is 0.594. The molecule has 13 heavy (non-hydrogen) atoms. The fourth-order valence-corrected chi connectivity index (χ4v) is 1.56. The van der Waals surface area contributed by atoms with Crippen LogP contribution in [0.2, 0.25) is 0 Å². The SMILES string of the molecule is CCC(C)N(C)C(C)(CN)C(C)C. The second-order valence-electron chi connectivity index (χ2n) is 4.58. The van der Waals surface area contributed by atoms with E-state index in [-0.39, 0.29) is 5.54 Å². The molecule has 0 aliphatic rings. The first kappa shape index (κ1) is 12.9. The molecular weight excluding hydrogens is 160 g/mol. The zero-order valence-corrected chi connectivity index (χ0v) is 10.1. The van der Waals surface area contributed by atoms with Crippen LogP contribution in [0.15, 0.2) is 0 Å². The van der Waals surface area contributed by atoms with Gasteiger partial charge in [-0.05, 0) is 33.2 Å². The Hall–Kier alpha value is -0.0800. The fraction of sp³-hybridized carbons (Fsp3) is 1.00. The topological polar surface area (TPSA) is 29.3 Å². The summed E-state index contributed by atoms with van der Waals surface area (Å²) in [5.41, 5.74) is 5.99. The fourth-order valence-electron chi connectivity index (χ4n) is 1.56. The minimum absolute atomic E-state index is 0.134. The first-order chi connectivity index (χ1) is 5.90. The molecule has 0 spiro atoms. The van der Waals surface area contributed by atoms with Crippen LogP contribution in [0, 0.1) is 5.92 Å². The summed E-state index contributed by atoms with van der Waals surface area (Å²) in [5, 5.41) is 0. The Morgan fingerprint density at radius 2 is 1.77 bits per heavy atom. The Morgan fingerprint density at radius 1 is 1.31 bits per heavy atom. The van der Waals surface area contributed by atoms with E-state index in [0.717, 1.165) is 6.54 Å². The van der Waals surface area contributed by atoms with E-state index in [0.29, 0.717) is 12.0 Å². The quantitative estimate of drug-likeness (QED) is 0.712. The first-order valence-electron chi connectivity index (χ1n) is 5.33. The molecule has 2 N–H and O–H groups in total. The molecule has 2 unspecified atom stereocenters. The van der Waals surface area contributed by atoms with Crippen LogP contribution in [0.25, 0.3) is 0 Å². The smallest absolute Gasteiger partial charge is 0.0326 e. The third-order valence-electron chi connectivity index (χ3n) is 3.71. The van der Waals surface area contributed by atoms with Gasteiger partial charge in [0.05, 0.1) is 0 Å². The van der Waals surface area contributed by atoms with Crippen molar-refractivity contribution in [2.75, 3.05) is 13.6 Å². The highest BCUT2D eigenvalue weighted by molar-refractivity contribution is 4.90. The maximum absolute atomic E-state index is 5.86. The number of rotatable bonds is 5. The number of hydrogen-bond acceptors (Lipinski definition) is 2. The largest absolute Gasteiger partial charge is 0.329 e. The Balaban J connectivity index is 4.55. The average molecular weight is 186 g/mol. The van der Waals surface area contributed by atoms with E-state index < -0.39 is 0 Å².